The van der Waals surface area contributed by atoms with Crippen LogP contribution in [0.2, 0.25) is 0 Å². The van der Waals surface area contributed by atoms with E-state index in [4.69, 9.17) is 5.11 Å². The maximum atomic E-state index is 13.1. The average molecular weight is 397 g/mol. The number of benzene rings is 1. The fraction of sp³-hybridized carbons (Fsp3) is 0.350. The highest BCUT2D eigenvalue weighted by Crippen LogP contribution is 2.25. The van der Waals surface area contributed by atoms with Gasteiger partial charge in [0.25, 0.3) is 5.56 Å². The molecule has 9 heteroatoms. The topological polar surface area (TPSA) is 107 Å². The van der Waals surface area contributed by atoms with Crippen molar-refractivity contribution < 1.29 is 10.2 Å². The highest BCUT2D eigenvalue weighted by atomic mass is 16.3. The van der Waals surface area contributed by atoms with Crippen molar-refractivity contribution in [2.24, 2.45) is 7.05 Å². The molecule has 0 fully saturated rings. The van der Waals surface area contributed by atoms with Crippen LogP contribution in [0.1, 0.15) is 12.8 Å². The molecule has 0 radical (unpaired) electrons. The first-order valence-electron chi connectivity index (χ1n) is 9.56. The van der Waals surface area contributed by atoms with Gasteiger partial charge in [0.1, 0.15) is 0 Å². The van der Waals surface area contributed by atoms with Crippen molar-refractivity contribution in [3.8, 4) is 11.3 Å². The Labute approximate surface area is 165 Å². The van der Waals surface area contributed by atoms with Crippen LogP contribution >= 0.6 is 0 Å². The Morgan fingerprint density at radius 3 is 2.28 bits per heavy atom. The summed E-state index contributed by atoms with van der Waals surface area (Å²) in [7, 11) is 1.59. The van der Waals surface area contributed by atoms with E-state index in [0.717, 1.165) is 15.8 Å². The standard InChI is InChI=1S/C20H23N5O4/c1-22-17-16(18(28)24(20(22)29)10-6-12-27)25-13-15(14-7-3-2-4-8-14)23(9-5-11-26)19(25)21-17/h2-4,7-8,13,26-27H,5-6,9-12H2,1H3. The number of imidazole rings is 2. The van der Waals surface area contributed by atoms with Crippen molar-refractivity contribution in [2.45, 2.75) is 25.9 Å². The summed E-state index contributed by atoms with van der Waals surface area (Å²) < 4.78 is 6.17. The fourth-order valence-electron chi connectivity index (χ4n) is 3.66. The predicted molar refractivity (Wildman–Crippen MR) is 109 cm³/mol. The summed E-state index contributed by atoms with van der Waals surface area (Å²) in [5.74, 6) is 0.541. The highest BCUT2D eigenvalue weighted by Gasteiger charge is 2.21. The maximum absolute atomic E-state index is 13.1. The molecule has 0 bridgehead atoms. The second kappa shape index (κ2) is 7.69. The Morgan fingerprint density at radius 2 is 1.62 bits per heavy atom. The molecule has 0 atom stereocenters. The molecule has 0 aliphatic rings. The summed E-state index contributed by atoms with van der Waals surface area (Å²) in [6.45, 7) is 0.589. The van der Waals surface area contributed by atoms with Crippen molar-refractivity contribution in [3.05, 3.63) is 57.4 Å². The van der Waals surface area contributed by atoms with Gasteiger partial charge in [-0.3, -0.25) is 18.3 Å². The number of nitrogens with zero attached hydrogens (tertiary/aromatic N) is 5. The number of aliphatic hydroxyl groups excluding tert-OH is 2. The van der Waals surface area contributed by atoms with Crippen molar-refractivity contribution in [1.29, 1.82) is 0 Å². The molecule has 0 saturated heterocycles. The lowest BCUT2D eigenvalue weighted by Gasteiger charge is -2.08. The molecular formula is C20H23N5O4. The van der Waals surface area contributed by atoms with Crippen molar-refractivity contribution in [2.75, 3.05) is 13.2 Å². The van der Waals surface area contributed by atoms with E-state index >= 15 is 0 Å². The molecule has 3 heterocycles. The van der Waals surface area contributed by atoms with E-state index in [0.29, 0.717) is 36.3 Å². The third-order valence-corrected chi connectivity index (χ3v) is 5.09. The number of hydrogen-bond donors (Lipinski definition) is 2. The zero-order valence-electron chi connectivity index (χ0n) is 16.2. The summed E-state index contributed by atoms with van der Waals surface area (Å²) in [6.07, 6.45) is 2.70. The summed E-state index contributed by atoms with van der Waals surface area (Å²) in [4.78, 5) is 30.3. The highest BCUT2D eigenvalue weighted by molar-refractivity contribution is 5.78. The van der Waals surface area contributed by atoms with Gasteiger partial charge in [-0.15, -0.1) is 0 Å². The first-order chi connectivity index (χ1) is 14.1. The molecular weight excluding hydrogens is 374 g/mol. The van der Waals surface area contributed by atoms with Gasteiger partial charge in [-0.25, -0.2) is 4.79 Å². The Hall–Kier alpha value is -3.17. The molecule has 0 unspecified atom stereocenters. The van der Waals surface area contributed by atoms with Crippen molar-refractivity contribution in [3.63, 3.8) is 0 Å². The molecule has 0 spiro atoms. The van der Waals surface area contributed by atoms with E-state index in [-0.39, 0.29) is 19.8 Å². The quantitative estimate of drug-likeness (QED) is 0.474. The minimum atomic E-state index is -0.457. The summed E-state index contributed by atoms with van der Waals surface area (Å²) >= 11 is 0. The Bertz CT molecular complexity index is 1280. The van der Waals surface area contributed by atoms with Gasteiger partial charge in [0.2, 0.25) is 5.78 Å². The lowest BCUT2D eigenvalue weighted by Crippen LogP contribution is -2.39. The van der Waals surface area contributed by atoms with Gasteiger partial charge in [0.05, 0.1) is 5.69 Å². The third-order valence-electron chi connectivity index (χ3n) is 5.09. The van der Waals surface area contributed by atoms with E-state index in [2.05, 4.69) is 4.98 Å². The number of aromatic nitrogens is 5. The monoisotopic (exact) mass is 397 g/mol. The van der Waals surface area contributed by atoms with Crippen LogP contribution in [-0.2, 0) is 20.1 Å². The van der Waals surface area contributed by atoms with Crippen LogP contribution in [-0.4, -0.2) is 46.5 Å². The van der Waals surface area contributed by atoms with Crippen LogP contribution in [0.5, 0.6) is 0 Å². The normalized spacial score (nSPS) is 11.7. The average Bonchev–Trinajstić information content (AvgIpc) is 3.28. The first-order valence-corrected chi connectivity index (χ1v) is 9.56. The van der Waals surface area contributed by atoms with Crippen LogP contribution in [0.4, 0.5) is 0 Å². The van der Waals surface area contributed by atoms with Gasteiger partial charge >= 0.3 is 5.69 Å². The van der Waals surface area contributed by atoms with Crippen LogP contribution in [0, 0.1) is 0 Å². The number of rotatable bonds is 7. The summed E-state index contributed by atoms with van der Waals surface area (Å²) in [6, 6.07) is 9.75. The minimum Gasteiger partial charge on any atom is -0.396 e. The lowest BCUT2D eigenvalue weighted by molar-refractivity contribution is 0.277. The number of hydrogen-bond acceptors (Lipinski definition) is 5. The zero-order chi connectivity index (χ0) is 20.5. The first kappa shape index (κ1) is 19.2. The molecule has 2 N–H and O–H groups in total. The molecule has 0 saturated carbocycles. The summed E-state index contributed by atoms with van der Waals surface area (Å²) in [5, 5.41) is 18.4. The Morgan fingerprint density at radius 1 is 0.966 bits per heavy atom. The third kappa shape index (κ3) is 3.08. The lowest BCUT2D eigenvalue weighted by atomic mass is 10.1. The second-order valence-corrected chi connectivity index (χ2v) is 6.94. The molecule has 3 aromatic heterocycles. The molecule has 0 aliphatic carbocycles. The number of aliphatic hydroxyl groups is 2. The van der Waals surface area contributed by atoms with Crippen LogP contribution in [0.3, 0.4) is 0 Å². The van der Waals surface area contributed by atoms with Crippen LogP contribution < -0.4 is 11.2 Å². The van der Waals surface area contributed by atoms with Crippen LogP contribution in [0.25, 0.3) is 28.2 Å². The molecule has 4 rings (SSSR count). The summed E-state index contributed by atoms with van der Waals surface area (Å²) in [5.41, 5.74) is 1.59. The molecule has 0 amide bonds. The van der Waals surface area contributed by atoms with Gasteiger partial charge in [-0.2, -0.15) is 4.98 Å². The predicted octanol–water partition coefficient (Wildman–Crippen LogP) is 0.581. The molecule has 1 aromatic carbocycles. The zero-order valence-corrected chi connectivity index (χ0v) is 16.2. The van der Waals surface area contributed by atoms with E-state index in [1.807, 2.05) is 41.1 Å². The van der Waals surface area contributed by atoms with E-state index in [1.54, 1.807) is 11.4 Å². The smallest absolute Gasteiger partial charge is 0.332 e. The van der Waals surface area contributed by atoms with Gasteiger partial charge in [0.15, 0.2) is 11.2 Å². The maximum Gasteiger partial charge on any atom is 0.332 e. The Kier molecular flexibility index (Phi) is 5.08. The molecule has 152 valence electrons. The molecule has 9 nitrogen and oxygen atoms in total. The molecule has 0 aliphatic heterocycles. The van der Waals surface area contributed by atoms with E-state index in [9.17, 15) is 14.7 Å². The number of fused-ring (bicyclic) bond motifs is 3. The van der Waals surface area contributed by atoms with E-state index in [1.165, 1.54) is 4.57 Å². The largest absolute Gasteiger partial charge is 0.396 e. The second-order valence-electron chi connectivity index (χ2n) is 6.94. The van der Waals surface area contributed by atoms with Crippen molar-refractivity contribution in [1.82, 2.24) is 23.1 Å². The fourth-order valence-corrected chi connectivity index (χ4v) is 3.66. The van der Waals surface area contributed by atoms with Gasteiger partial charge in [-0.05, 0) is 18.4 Å². The van der Waals surface area contributed by atoms with Crippen LogP contribution in [0.15, 0.2) is 46.1 Å². The SMILES string of the molecule is Cn1c(=O)n(CCCO)c(=O)c2c1nc1n(CCCO)c(-c3ccccc3)cn21. The van der Waals surface area contributed by atoms with E-state index < -0.39 is 11.2 Å². The van der Waals surface area contributed by atoms with Gasteiger partial charge < -0.3 is 14.8 Å². The van der Waals surface area contributed by atoms with Gasteiger partial charge in [0, 0.05) is 39.5 Å². The van der Waals surface area contributed by atoms with Crippen molar-refractivity contribution >= 4 is 16.9 Å². The molecule has 29 heavy (non-hydrogen) atoms. The minimum absolute atomic E-state index is 0.0330. The van der Waals surface area contributed by atoms with Gasteiger partial charge in [-0.1, -0.05) is 30.3 Å². The molecule has 4 aromatic rings. The number of aryl methyl sites for hydroxylation is 2. The Balaban J connectivity index is 2.05.